The molecule has 43 heavy (non-hydrogen) atoms. The predicted octanol–water partition coefficient (Wildman–Crippen LogP) is 2.18. The molecule has 234 valence electrons. The van der Waals surface area contributed by atoms with Crippen LogP contribution in [-0.4, -0.2) is 92.8 Å². The molecule has 0 saturated carbocycles. The van der Waals surface area contributed by atoms with Crippen LogP contribution in [0, 0.1) is 11.8 Å². The summed E-state index contributed by atoms with van der Waals surface area (Å²) in [6.45, 7) is 4.55. The van der Waals surface area contributed by atoms with Gasteiger partial charge in [0.2, 0.25) is 5.75 Å². The monoisotopic (exact) mass is 602 g/mol. The highest BCUT2D eigenvalue weighted by Crippen LogP contribution is 2.56. The molecule has 0 aromatic heterocycles. The molecule has 0 amide bonds. The van der Waals surface area contributed by atoms with Crippen molar-refractivity contribution in [2.45, 2.75) is 63.2 Å². The van der Waals surface area contributed by atoms with Crippen LogP contribution in [-0.2, 0) is 34.9 Å². The number of benzene rings is 2. The molecular formula is C31H38O12. The van der Waals surface area contributed by atoms with Crippen LogP contribution in [0.5, 0.6) is 23.0 Å². The zero-order valence-electron chi connectivity index (χ0n) is 24.6. The van der Waals surface area contributed by atoms with E-state index in [1.165, 1.54) is 14.2 Å². The summed E-state index contributed by atoms with van der Waals surface area (Å²) in [7, 11) is 2.90. The number of hydrogen-bond acceptors (Lipinski definition) is 12. The van der Waals surface area contributed by atoms with E-state index < -0.39 is 54.7 Å². The zero-order chi connectivity index (χ0) is 30.4. The van der Waals surface area contributed by atoms with Gasteiger partial charge in [0.1, 0.15) is 24.1 Å². The average Bonchev–Trinajstić information content (AvgIpc) is 3.62. The van der Waals surface area contributed by atoms with Gasteiger partial charge >= 0.3 is 5.97 Å². The second kappa shape index (κ2) is 12.1. The van der Waals surface area contributed by atoms with Crippen LogP contribution in [0.2, 0.25) is 0 Å². The number of aliphatic hydroxyl groups excluding tert-OH is 2. The molecule has 0 radical (unpaired) electrons. The van der Waals surface area contributed by atoms with Gasteiger partial charge in [0, 0.05) is 24.9 Å². The Labute approximate surface area is 249 Å². The first kappa shape index (κ1) is 29.9. The number of esters is 1. The number of cyclic esters (lactones) is 1. The Balaban J connectivity index is 1.38. The number of ether oxygens (including phenoxy) is 8. The summed E-state index contributed by atoms with van der Waals surface area (Å²) in [5.74, 6) is -0.987. The summed E-state index contributed by atoms with van der Waals surface area (Å²) < 4.78 is 45.9. The minimum Gasteiger partial charge on any atom is -0.502 e. The van der Waals surface area contributed by atoms with Gasteiger partial charge in [-0.25, -0.2) is 0 Å². The Morgan fingerprint density at radius 3 is 2.44 bits per heavy atom. The van der Waals surface area contributed by atoms with Gasteiger partial charge in [-0.3, -0.25) is 4.79 Å². The SMILES string of the molecule is CCOC(C)OC1COC(OC2c3cc4c(cc3C(c3cc(OC)c(O)c(OC)c3)C3C(=O)OCC23)CCO4)C(O)C1O. The minimum atomic E-state index is -1.43. The molecule has 3 N–H and O–H groups in total. The Kier molecular flexibility index (Phi) is 8.42. The number of phenols is 1. The number of carbonyl (C=O) groups is 1. The quantitative estimate of drug-likeness (QED) is 0.285. The lowest BCUT2D eigenvalue weighted by Crippen LogP contribution is -2.56. The van der Waals surface area contributed by atoms with Crippen LogP contribution in [0.3, 0.4) is 0 Å². The lowest BCUT2D eigenvalue weighted by atomic mass is 9.66. The van der Waals surface area contributed by atoms with E-state index in [-0.39, 0.29) is 36.4 Å². The molecule has 9 unspecified atom stereocenters. The highest BCUT2D eigenvalue weighted by Gasteiger charge is 2.54. The number of phenolic OH excluding ortho intramolecular Hbond substituents is 1. The maximum Gasteiger partial charge on any atom is 0.310 e. The van der Waals surface area contributed by atoms with Crippen LogP contribution >= 0.6 is 0 Å². The molecule has 3 heterocycles. The van der Waals surface area contributed by atoms with Crippen molar-refractivity contribution >= 4 is 5.97 Å². The number of methoxy groups -OCH3 is 2. The average molecular weight is 603 g/mol. The molecule has 9 atom stereocenters. The van der Waals surface area contributed by atoms with E-state index in [0.29, 0.717) is 25.2 Å². The molecule has 0 spiro atoms. The molecule has 12 heteroatoms. The van der Waals surface area contributed by atoms with Gasteiger partial charge in [-0.1, -0.05) is 6.07 Å². The summed E-state index contributed by atoms with van der Waals surface area (Å²) in [6.07, 6.45) is -5.37. The van der Waals surface area contributed by atoms with Gasteiger partial charge < -0.3 is 53.2 Å². The largest absolute Gasteiger partial charge is 0.502 e. The molecule has 4 aliphatic rings. The fourth-order valence-electron chi connectivity index (χ4n) is 6.74. The van der Waals surface area contributed by atoms with Crippen molar-refractivity contribution < 1.29 is 58.0 Å². The fraction of sp³-hybridized carbons (Fsp3) is 0.581. The second-order valence-corrected chi connectivity index (χ2v) is 11.2. The van der Waals surface area contributed by atoms with Crippen LogP contribution in [0.25, 0.3) is 0 Å². The van der Waals surface area contributed by atoms with E-state index in [0.717, 1.165) is 22.4 Å². The summed E-state index contributed by atoms with van der Waals surface area (Å²) in [5, 5.41) is 32.5. The van der Waals surface area contributed by atoms with Crippen molar-refractivity contribution in [3.63, 3.8) is 0 Å². The van der Waals surface area contributed by atoms with Crippen LogP contribution in [0.15, 0.2) is 24.3 Å². The third-order valence-electron chi connectivity index (χ3n) is 8.78. The molecule has 2 saturated heterocycles. The smallest absolute Gasteiger partial charge is 0.310 e. The third-order valence-corrected chi connectivity index (χ3v) is 8.78. The number of hydrogen-bond donors (Lipinski definition) is 3. The van der Waals surface area contributed by atoms with Crippen LogP contribution in [0.1, 0.15) is 48.1 Å². The molecule has 2 aromatic rings. The first-order chi connectivity index (χ1) is 20.7. The Bertz CT molecular complexity index is 1320. The molecular weight excluding hydrogens is 564 g/mol. The molecule has 2 fully saturated rings. The minimum absolute atomic E-state index is 0.0353. The fourth-order valence-corrected chi connectivity index (χ4v) is 6.74. The topological polar surface area (TPSA) is 152 Å². The van der Waals surface area contributed by atoms with E-state index in [9.17, 15) is 20.1 Å². The summed E-state index contributed by atoms with van der Waals surface area (Å²) in [5.41, 5.74) is 3.27. The van der Waals surface area contributed by atoms with E-state index in [1.807, 2.05) is 19.1 Å². The van der Waals surface area contributed by atoms with E-state index >= 15 is 0 Å². The first-order valence-electron chi connectivity index (χ1n) is 14.6. The Morgan fingerprint density at radius 2 is 1.74 bits per heavy atom. The van der Waals surface area contributed by atoms with Crippen LogP contribution < -0.4 is 14.2 Å². The van der Waals surface area contributed by atoms with Crippen LogP contribution in [0.4, 0.5) is 0 Å². The van der Waals surface area contributed by atoms with Crippen molar-refractivity contribution in [1.82, 2.24) is 0 Å². The maximum atomic E-state index is 13.4. The number of aromatic hydroxyl groups is 1. The zero-order valence-corrected chi connectivity index (χ0v) is 24.6. The normalized spacial score (nSPS) is 31.8. The summed E-state index contributed by atoms with van der Waals surface area (Å²) in [6, 6.07) is 7.35. The third kappa shape index (κ3) is 5.30. The van der Waals surface area contributed by atoms with Crippen molar-refractivity contribution in [2.75, 3.05) is 40.6 Å². The Morgan fingerprint density at radius 1 is 1.00 bits per heavy atom. The van der Waals surface area contributed by atoms with Gasteiger partial charge in [0.15, 0.2) is 24.1 Å². The lowest BCUT2D eigenvalue weighted by molar-refractivity contribution is -0.310. The second-order valence-electron chi connectivity index (χ2n) is 11.2. The van der Waals surface area contributed by atoms with Gasteiger partial charge in [-0.2, -0.15) is 0 Å². The molecule has 2 aromatic carbocycles. The molecule has 0 bridgehead atoms. The van der Waals surface area contributed by atoms with E-state index in [1.54, 1.807) is 19.1 Å². The number of fused-ring (bicyclic) bond motifs is 3. The number of aliphatic hydroxyl groups is 2. The van der Waals surface area contributed by atoms with Crippen molar-refractivity contribution in [1.29, 1.82) is 0 Å². The van der Waals surface area contributed by atoms with Gasteiger partial charge in [0.25, 0.3) is 0 Å². The van der Waals surface area contributed by atoms with Gasteiger partial charge in [-0.15, -0.1) is 0 Å². The number of carbonyl (C=O) groups excluding carboxylic acids is 1. The standard InChI is InChI=1S/C31H38O12/c1-5-38-14(2)42-23-13-41-31(28(34)27(23)33)43-29-18-11-20-15(6-7-39-20)8-17(18)24(25-19(29)12-40-30(25)35)16-9-21(36-3)26(32)22(10-16)37-4/h8-11,14,19,23-25,27-29,31-34H,5-7,12-13H2,1-4H3. The highest BCUT2D eigenvalue weighted by molar-refractivity contribution is 5.79. The lowest BCUT2D eigenvalue weighted by Gasteiger charge is -2.43. The summed E-state index contributed by atoms with van der Waals surface area (Å²) >= 11 is 0. The maximum absolute atomic E-state index is 13.4. The molecule has 12 nitrogen and oxygen atoms in total. The molecule has 3 aliphatic heterocycles. The molecule has 6 rings (SSSR count). The van der Waals surface area contributed by atoms with Gasteiger partial charge in [-0.05, 0) is 54.3 Å². The first-order valence-corrected chi connectivity index (χ1v) is 14.6. The van der Waals surface area contributed by atoms with Crippen molar-refractivity contribution in [3.8, 4) is 23.0 Å². The predicted molar refractivity (Wildman–Crippen MR) is 148 cm³/mol. The number of rotatable bonds is 9. The summed E-state index contributed by atoms with van der Waals surface area (Å²) in [4.78, 5) is 13.4. The molecule has 1 aliphatic carbocycles. The van der Waals surface area contributed by atoms with E-state index in [2.05, 4.69) is 0 Å². The van der Waals surface area contributed by atoms with Crippen molar-refractivity contribution in [2.24, 2.45) is 11.8 Å². The Hall–Kier alpha value is -3.13. The highest BCUT2D eigenvalue weighted by atomic mass is 16.7. The van der Waals surface area contributed by atoms with Crippen molar-refractivity contribution in [3.05, 3.63) is 46.5 Å². The van der Waals surface area contributed by atoms with E-state index in [4.69, 9.17) is 37.9 Å². The van der Waals surface area contributed by atoms with Gasteiger partial charge in [0.05, 0.1) is 46.1 Å².